The Kier molecular flexibility index (Phi) is 4.53. The smallest absolute Gasteiger partial charge is 0.237 e. The highest BCUT2D eigenvalue weighted by atomic mass is 32.1. The fraction of sp³-hybridized carbons (Fsp3) is 0.476. The predicted octanol–water partition coefficient (Wildman–Crippen LogP) is 3.24. The van der Waals surface area contributed by atoms with Crippen molar-refractivity contribution >= 4 is 17.2 Å². The first kappa shape index (κ1) is 17.1. The Bertz CT molecular complexity index is 850. The summed E-state index contributed by atoms with van der Waals surface area (Å²) in [7, 11) is 0. The lowest BCUT2D eigenvalue weighted by atomic mass is 10.0. The van der Waals surface area contributed by atoms with E-state index >= 15 is 0 Å². The zero-order valence-corrected chi connectivity index (χ0v) is 16.2. The van der Waals surface area contributed by atoms with E-state index in [-0.39, 0.29) is 11.9 Å². The van der Waals surface area contributed by atoms with E-state index in [1.165, 1.54) is 16.0 Å². The summed E-state index contributed by atoms with van der Waals surface area (Å²) in [5, 5.41) is 2.14. The molecule has 1 aromatic carbocycles. The van der Waals surface area contributed by atoms with Crippen LogP contribution in [-0.2, 0) is 17.8 Å². The van der Waals surface area contributed by atoms with E-state index in [9.17, 15) is 4.79 Å². The van der Waals surface area contributed by atoms with Crippen molar-refractivity contribution in [2.75, 3.05) is 32.8 Å². The summed E-state index contributed by atoms with van der Waals surface area (Å²) < 4.78 is 11.4. The molecule has 3 aliphatic heterocycles. The molecule has 0 radical (unpaired) electrons. The second-order valence-corrected chi connectivity index (χ2v) is 8.47. The summed E-state index contributed by atoms with van der Waals surface area (Å²) in [6, 6.07) is 8.67. The summed E-state index contributed by atoms with van der Waals surface area (Å²) >= 11 is 1.81. The minimum Gasteiger partial charge on any atom is -0.486 e. The van der Waals surface area contributed by atoms with E-state index in [2.05, 4.69) is 28.5 Å². The number of likely N-dealkylation sites (tertiary alicyclic amines) is 1. The maximum Gasteiger partial charge on any atom is 0.237 e. The van der Waals surface area contributed by atoms with E-state index in [0.29, 0.717) is 19.8 Å². The minimum absolute atomic E-state index is 0.247. The van der Waals surface area contributed by atoms with Crippen LogP contribution in [0.4, 0.5) is 0 Å². The molecule has 0 N–H and O–H groups in total. The Morgan fingerprint density at radius 3 is 2.96 bits per heavy atom. The van der Waals surface area contributed by atoms with E-state index in [1.54, 1.807) is 0 Å². The first-order valence-corrected chi connectivity index (χ1v) is 10.6. The summed E-state index contributed by atoms with van der Waals surface area (Å²) in [4.78, 5) is 18.7. The van der Waals surface area contributed by atoms with Crippen molar-refractivity contribution < 1.29 is 14.3 Å². The first-order chi connectivity index (χ1) is 13.3. The van der Waals surface area contributed by atoms with Crippen molar-refractivity contribution in [3.05, 3.63) is 45.6 Å². The van der Waals surface area contributed by atoms with Crippen molar-refractivity contribution in [2.24, 2.45) is 0 Å². The Hall–Kier alpha value is -2.05. The van der Waals surface area contributed by atoms with Crippen LogP contribution in [0.1, 0.15) is 34.9 Å². The molecule has 5 rings (SSSR count). The van der Waals surface area contributed by atoms with E-state index in [0.717, 1.165) is 50.4 Å². The van der Waals surface area contributed by atoms with Crippen molar-refractivity contribution in [2.45, 2.75) is 31.8 Å². The number of fused-ring (bicyclic) bond motifs is 2. The molecule has 5 nitrogen and oxygen atoms in total. The van der Waals surface area contributed by atoms with Crippen LogP contribution in [0.5, 0.6) is 11.5 Å². The van der Waals surface area contributed by atoms with Gasteiger partial charge in [0.25, 0.3) is 0 Å². The Morgan fingerprint density at radius 2 is 2.04 bits per heavy atom. The van der Waals surface area contributed by atoms with Crippen molar-refractivity contribution in [3.63, 3.8) is 0 Å². The molecule has 27 heavy (non-hydrogen) atoms. The van der Waals surface area contributed by atoms with Crippen LogP contribution in [0.15, 0.2) is 29.6 Å². The molecule has 0 bridgehead atoms. The van der Waals surface area contributed by atoms with Crippen LogP contribution in [0.3, 0.4) is 0 Å². The van der Waals surface area contributed by atoms with Gasteiger partial charge < -0.3 is 14.4 Å². The first-order valence-electron chi connectivity index (χ1n) is 9.74. The van der Waals surface area contributed by atoms with Crippen LogP contribution < -0.4 is 9.47 Å². The third-order valence-corrected chi connectivity index (χ3v) is 6.84. The molecule has 1 saturated heterocycles. The van der Waals surface area contributed by atoms with Gasteiger partial charge >= 0.3 is 0 Å². The minimum atomic E-state index is 0.247. The fourth-order valence-electron chi connectivity index (χ4n) is 4.40. The quantitative estimate of drug-likeness (QED) is 0.815. The molecule has 142 valence electrons. The lowest BCUT2D eigenvalue weighted by Crippen LogP contribution is -2.42. The molecule has 1 amide bonds. The normalized spacial score (nSPS) is 21.9. The van der Waals surface area contributed by atoms with Gasteiger partial charge in [0.1, 0.15) is 13.2 Å². The monoisotopic (exact) mass is 384 g/mol. The van der Waals surface area contributed by atoms with Gasteiger partial charge in [-0.25, -0.2) is 0 Å². The average molecular weight is 385 g/mol. The van der Waals surface area contributed by atoms with E-state index < -0.39 is 0 Å². The molecular formula is C21H24N2O3S. The number of nitrogens with zero attached hydrogens (tertiary/aromatic N) is 2. The van der Waals surface area contributed by atoms with Crippen LogP contribution in [0.2, 0.25) is 0 Å². The van der Waals surface area contributed by atoms with Crippen LogP contribution in [0.25, 0.3) is 0 Å². The van der Waals surface area contributed by atoms with Gasteiger partial charge in [0.05, 0.1) is 6.54 Å². The molecule has 1 aromatic heterocycles. The molecule has 2 aromatic rings. The second kappa shape index (κ2) is 7.17. The van der Waals surface area contributed by atoms with Crippen molar-refractivity contribution in [3.8, 4) is 11.5 Å². The Morgan fingerprint density at radius 1 is 1.15 bits per heavy atom. The molecule has 1 atom stereocenters. The summed E-state index contributed by atoms with van der Waals surface area (Å²) in [5.41, 5.74) is 2.55. The van der Waals surface area contributed by atoms with Crippen LogP contribution in [-0.4, -0.2) is 48.6 Å². The molecule has 4 heterocycles. The van der Waals surface area contributed by atoms with Gasteiger partial charge in [-0.2, -0.15) is 0 Å². The maximum atomic E-state index is 12.9. The SMILES string of the molecule is O=C(CN1CCC[C@H]1c1ccc2c(c1)OCCO2)N1CCc2sccc2C1. The van der Waals surface area contributed by atoms with Gasteiger partial charge in [0, 0.05) is 24.0 Å². The Labute approximate surface area is 163 Å². The number of rotatable bonds is 3. The lowest BCUT2D eigenvalue weighted by molar-refractivity contribution is -0.133. The third-order valence-electron chi connectivity index (χ3n) is 5.81. The molecular weight excluding hydrogens is 360 g/mol. The average Bonchev–Trinajstić information content (AvgIpc) is 3.36. The van der Waals surface area contributed by atoms with Gasteiger partial charge in [-0.3, -0.25) is 9.69 Å². The Balaban J connectivity index is 1.28. The fourth-order valence-corrected chi connectivity index (χ4v) is 5.28. The highest BCUT2D eigenvalue weighted by Gasteiger charge is 2.31. The zero-order chi connectivity index (χ0) is 18.2. The molecule has 0 spiro atoms. The van der Waals surface area contributed by atoms with Gasteiger partial charge in [-0.15, -0.1) is 11.3 Å². The molecule has 0 aliphatic carbocycles. The van der Waals surface area contributed by atoms with Crippen molar-refractivity contribution in [1.82, 2.24) is 9.80 Å². The molecule has 3 aliphatic rings. The zero-order valence-electron chi connectivity index (χ0n) is 15.4. The highest BCUT2D eigenvalue weighted by Crippen LogP contribution is 2.38. The third kappa shape index (κ3) is 3.32. The van der Waals surface area contributed by atoms with Crippen LogP contribution in [0, 0.1) is 0 Å². The van der Waals surface area contributed by atoms with E-state index in [4.69, 9.17) is 9.47 Å². The summed E-state index contributed by atoms with van der Waals surface area (Å²) in [6.45, 7) is 4.29. The number of ether oxygens (including phenoxy) is 2. The summed E-state index contributed by atoms with van der Waals surface area (Å²) in [5.74, 6) is 1.90. The van der Waals surface area contributed by atoms with Gasteiger partial charge in [-0.05, 0) is 60.5 Å². The van der Waals surface area contributed by atoms with E-state index in [1.807, 2.05) is 22.3 Å². The highest BCUT2D eigenvalue weighted by molar-refractivity contribution is 7.10. The summed E-state index contributed by atoms with van der Waals surface area (Å²) in [6.07, 6.45) is 3.20. The number of thiophene rings is 1. The van der Waals surface area contributed by atoms with Gasteiger partial charge in [0.15, 0.2) is 11.5 Å². The van der Waals surface area contributed by atoms with Gasteiger partial charge in [-0.1, -0.05) is 6.07 Å². The number of carbonyl (C=O) groups is 1. The molecule has 0 saturated carbocycles. The number of carbonyl (C=O) groups excluding carboxylic acids is 1. The number of amides is 1. The largest absolute Gasteiger partial charge is 0.486 e. The van der Waals surface area contributed by atoms with Crippen LogP contribution >= 0.6 is 11.3 Å². The maximum absolute atomic E-state index is 12.9. The lowest BCUT2D eigenvalue weighted by Gasteiger charge is -2.31. The standard InChI is InChI=1S/C21H24N2O3S/c24-21(23-8-5-20-16(13-23)6-11-27-20)14-22-7-1-2-17(22)15-3-4-18-19(12-15)26-10-9-25-18/h3-4,6,11-12,17H,1-2,5,7-10,13-14H2/t17-/m0/s1. The number of benzene rings is 1. The molecule has 1 fully saturated rings. The second-order valence-electron chi connectivity index (χ2n) is 7.47. The van der Waals surface area contributed by atoms with Gasteiger partial charge in [0.2, 0.25) is 5.91 Å². The molecule has 0 unspecified atom stereocenters. The number of hydrogen-bond donors (Lipinski definition) is 0. The van der Waals surface area contributed by atoms with Crippen molar-refractivity contribution in [1.29, 1.82) is 0 Å². The molecule has 6 heteroatoms. The predicted molar refractivity (Wildman–Crippen MR) is 104 cm³/mol. The topological polar surface area (TPSA) is 42.0 Å². The number of hydrogen-bond acceptors (Lipinski definition) is 5.